The number of ether oxygens (including phenoxy) is 1. The number of likely N-dealkylation sites (tertiary alicyclic amines) is 1. The van der Waals surface area contributed by atoms with Gasteiger partial charge in [-0.3, -0.25) is 9.59 Å². The standard InChI is InChI=1S/C25H25N3O4/c29-23(13-20-11-6-10-19-9-4-5-12-22(19)20)26-14-24(30)28-15-21(16-28)27-25(31)32-17-18-7-2-1-3-8-18/h1-12,21H,13-17H2,(H,26,29)(H,27,31). The Hall–Kier alpha value is -3.87. The molecule has 7 nitrogen and oxygen atoms in total. The fraction of sp³-hybridized carbons (Fsp3) is 0.240. The van der Waals surface area contributed by atoms with E-state index >= 15 is 0 Å². The van der Waals surface area contributed by atoms with E-state index in [1.807, 2.05) is 72.8 Å². The first kappa shape index (κ1) is 21.4. The minimum absolute atomic E-state index is 0.0607. The average molecular weight is 431 g/mol. The summed E-state index contributed by atoms with van der Waals surface area (Å²) in [4.78, 5) is 38.1. The second kappa shape index (κ2) is 9.96. The van der Waals surface area contributed by atoms with Crippen LogP contribution in [-0.4, -0.2) is 48.5 Å². The van der Waals surface area contributed by atoms with Gasteiger partial charge in [0.15, 0.2) is 0 Å². The van der Waals surface area contributed by atoms with E-state index in [1.54, 1.807) is 4.90 Å². The lowest BCUT2D eigenvalue weighted by Gasteiger charge is -2.39. The number of amides is 3. The molecule has 0 unspecified atom stereocenters. The number of hydrogen-bond donors (Lipinski definition) is 2. The molecule has 3 amide bonds. The van der Waals surface area contributed by atoms with Gasteiger partial charge >= 0.3 is 6.09 Å². The van der Waals surface area contributed by atoms with Crippen LogP contribution in [0.2, 0.25) is 0 Å². The molecule has 0 saturated carbocycles. The lowest BCUT2D eigenvalue weighted by molar-refractivity contribution is -0.136. The molecule has 1 heterocycles. The van der Waals surface area contributed by atoms with Crippen LogP contribution in [0.4, 0.5) is 4.79 Å². The molecule has 0 bridgehead atoms. The molecule has 0 aromatic heterocycles. The number of rotatable bonds is 7. The molecule has 2 N–H and O–H groups in total. The molecule has 164 valence electrons. The summed E-state index contributed by atoms with van der Waals surface area (Å²) in [5.41, 5.74) is 1.84. The zero-order chi connectivity index (χ0) is 22.3. The molecular weight excluding hydrogens is 406 g/mol. The summed E-state index contributed by atoms with van der Waals surface area (Å²) in [6, 6.07) is 23.0. The molecule has 7 heteroatoms. The molecular formula is C25H25N3O4. The normalized spacial score (nSPS) is 13.3. The average Bonchev–Trinajstić information content (AvgIpc) is 2.79. The van der Waals surface area contributed by atoms with Crippen LogP contribution in [0.1, 0.15) is 11.1 Å². The van der Waals surface area contributed by atoms with Crippen LogP contribution in [0.5, 0.6) is 0 Å². The Labute approximate surface area is 186 Å². The lowest BCUT2D eigenvalue weighted by Crippen LogP contribution is -2.62. The van der Waals surface area contributed by atoms with Gasteiger partial charge in [-0.25, -0.2) is 4.79 Å². The molecule has 3 aromatic carbocycles. The van der Waals surface area contributed by atoms with Crippen molar-refractivity contribution in [2.24, 2.45) is 0 Å². The van der Waals surface area contributed by atoms with Crippen LogP contribution in [0.3, 0.4) is 0 Å². The zero-order valence-electron chi connectivity index (χ0n) is 17.6. The fourth-order valence-corrected chi connectivity index (χ4v) is 3.67. The number of carbonyl (C=O) groups excluding carboxylic acids is 3. The number of nitrogens with zero attached hydrogens (tertiary/aromatic N) is 1. The predicted octanol–water partition coefficient (Wildman–Crippen LogP) is 2.64. The van der Waals surface area contributed by atoms with Gasteiger partial charge in [0.25, 0.3) is 0 Å². The smallest absolute Gasteiger partial charge is 0.407 e. The molecule has 3 aromatic rings. The van der Waals surface area contributed by atoms with E-state index in [0.717, 1.165) is 21.9 Å². The van der Waals surface area contributed by atoms with Crippen molar-refractivity contribution in [2.75, 3.05) is 19.6 Å². The SMILES string of the molecule is O=C(Cc1cccc2ccccc12)NCC(=O)N1CC(NC(=O)OCc2ccccc2)C1. The van der Waals surface area contributed by atoms with Crippen LogP contribution in [0.25, 0.3) is 10.8 Å². The minimum atomic E-state index is -0.505. The molecule has 0 aliphatic carbocycles. The van der Waals surface area contributed by atoms with Gasteiger partial charge in [0.1, 0.15) is 6.61 Å². The second-order valence-electron chi connectivity index (χ2n) is 7.79. The molecule has 4 rings (SSSR count). The fourth-order valence-electron chi connectivity index (χ4n) is 3.67. The zero-order valence-corrected chi connectivity index (χ0v) is 17.6. The van der Waals surface area contributed by atoms with E-state index in [9.17, 15) is 14.4 Å². The van der Waals surface area contributed by atoms with E-state index in [2.05, 4.69) is 10.6 Å². The molecule has 1 saturated heterocycles. The van der Waals surface area contributed by atoms with Gasteiger partial charge in [-0.1, -0.05) is 72.8 Å². The van der Waals surface area contributed by atoms with Crippen LogP contribution < -0.4 is 10.6 Å². The number of fused-ring (bicyclic) bond motifs is 1. The highest BCUT2D eigenvalue weighted by Gasteiger charge is 2.32. The molecule has 32 heavy (non-hydrogen) atoms. The van der Waals surface area contributed by atoms with Crippen molar-refractivity contribution >= 4 is 28.7 Å². The predicted molar refractivity (Wildman–Crippen MR) is 121 cm³/mol. The number of benzene rings is 3. The number of hydrogen-bond acceptors (Lipinski definition) is 4. The van der Waals surface area contributed by atoms with Crippen LogP contribution in [0.15, 0.2) is 72.8 Å². The first-order valence-electron chi connectivity index (χ1n) is 10.6. The van der Waals surface area contributed by atoms with Gasteiger partial charge in [-0.05, 0) is 21.9 Å². The third-order valence-electron chi connectivity index (χ3n) is 5.44. The third kappa shape index (κ3) is 5.43. The first-order valence-corrected chi connectivity index (χ1v) is 10.6. The van der Waals surface area contributed by atoms with Crippen molar-refractivity contribution < 1.29 is 19.1 Å². The van der Waals surface area contributed by atoms with Crippen molar-refractivity contribution in [1.82, 2.24) is 15.5 Å². The van der Waals surface area contributed by atoms with Gasteiger partial charge in [0.2, 0.25) is 11.8 Å². The highest BCUT2D eigenvalue weighted by molar-refractivity contribution is 5.91. The monoisotopic (exact) mass is 431 g/mol. The van der Waals surface area contributed by atoms with E-state index < -0.39 is 6.09 Å². The maximum atomic E-state index is 12.3. The van der Waals surface area contributed by atoms with Gasteiger partial charge in [-0.2, -0.15) is 0 Å². The number of alkyl carbamates (subject to hydrolysis) is 1. The summed E-state index contributed by atoms with van der Waals surface area (Å²) >= 11 is 0. The molecule has 0 spiro atoms. The van der Waals surface area contributed by atoms with Gasteiger partial charge in [0.05, 0.1) is 19.0 Å². The van der Waals surface area contributed by atoms with Crippen molar-refractivity contribution in [2.45, 2.75) is 19.1 Å². The Morgan fingerprint density at radius 1 is 0.906 bits per heavy atom. The topological polar surface area (TPSA) is 87.7 Å². The summed E-state index contributed by atoms with van der Waals surface area (Å²) in [6.45, 7) is 0.941. The highest BCUT2D eigenvalue weighted by Crippen LogP contribution is 2.18. The van der Waals surface area contributed by atoms with E-state index in [1.165, 1.54) is 0 Å². The minimum Gasteiger partial charge on any atom is -0.445 e. The van der Waals surface area contributed by atoms with Crippen molar-refractivity contribution in [3.63, 3.8) is 0 Å². The highest BCUT2D eigenvalue weighted by atomic mass is 16.5. The Morgan fingerprint density at radius 2 is 1.62 bits per heavy atom. The Bertz CT molecular complexity index is 1110. The maximum absolute atomic E-state index is 12.3. The van der Waals surface area contributed by atoms with E-state index in [0.29, 0.717) is 13.1 Å². The van der Waals surface area contributed by atoms with Crippen LogP contribution in [-0.2, 0) is 27.4 Å². The Balaban J connectivity index is 1.16. The number of carbonyl (C=O) groups is 3. The van der Waals surface area contributed by atoms with Crippen molar-refractivity contribution in [1.29, 1.82) is 0 Å². The van der Waals surface area contributed by atoms with Gasteiger partial charge in [0, 0.05) is 13.1 Å². The molecule has 1 aliphatic rings. The van der Waals surface area contributed by atoms with Crippen molar-refractivity contribution in [3.8, 4) is 0 Å². The number of nitrogens with one attached hydrogen (secondary N) is 2. The summed E-state index contributed by atoms with van der Waals surface area (Å²) in [6.07, 6.45) is -0.291. The second-order valence-corrected chi connectivity index (χ2v) is 7.79. The summed E-state index contributed by atoms with van der Waals surface area (Å²) in [7, 11) is 0. The summed E-state index contributed by atoms with van der Waals surface area (Å²) in [5.74, 6) is -0.374. The summed E-state index contributed by atoms with van der Waals surface area (Å²) < 4.78 is 5.19. The maximum Gasteiger partial charge on any atom is 0.407 e. The first-order chi connectivity index (χ1) is 15.6. The Kier molecular flexibility index (Phi) is 6.65. The molecule has 1 aliphatic heterocycles. The lowest BCUT2D eigenvalue weighted by atomic mass is 10.0. The third-order valence-corrected chi connectivity index (χ3v) is 5.44. The van der Waals surface area contributed by atoms with Gasteiger partial charge < -0.3 is 20.3 Å². The molecule has 0 atom stereocenters. The molecule has 0 radical (unpaired) electrons. The van der Waals surface area contributed by atoms with Crippen LogP contribution in [0, 0.1) is 0 Å². The van der Waals surface area contributed by atoms with E-state index in [4.69, 9.17) is 4.74 Å². The largest absolute Gasteiger partial charge is 0.445 e. The van der Waals surface area contributed by atoms with E-state index in [-0.39, 0.29) is 37.4 Å². The molecule has 1 fully saturated rings. The van der Waals surface area contributed by atoms with Crippen LogP contribution >= 0.6 is 0 Å². The van der Waals surface area contributed by atoms with Crippen molar-refractivity contribution in [3.05, 3.63) is 83.9 Å². The summed E-state index contributed by atoms with van der Waals surface area (Å²) in [5, 5.41) is 7.55. The van der Waals surface area contributed by atoms with Gasteiger partial charge in [-0.15, -0.1) is 0 Å². The quantitative estimate of drug-likeness (QED) is 0.602. The Morgan fingerprint density at radius 3 is 2.44 bits per heavy atom.